The summed E-state index contributed by atoms with van der Waals surface area (Å²) in [7, 11) is 0. The molecule has 0 bridgehead atoms. The standard InChI is InChI=1S/C3H7.3CH3.V.W/c1-3-2;;;;;/h1,3H2,2H3;3*1H3;;/q4*-1;;. The van der Waals surface area contributed by atoms with Gasteiger partial charge < -0.3 is 29.2 Å². The Labute approximate surface area is 82.0 Å². The van der Waals surface area contributed by atoms with Gasteiger partial charge in [0.1, 0.15) is 0 Å². The molecule has 0 aliphatic carbocycles. The largest absolute Gasteiger partial charge is 0.358 e. The first-order chi connectivity index (χ1) is 1.41. The van der Waals surface area contributed by atoms with Gasteiger partial charge in [0.25, 0.3) is 0 Å². The van der Waals surface area contributed by atoms with Crippen molar-refractivity contribution in [2.45, 2.75) is 13.3 Å². The molecule has 0 amide bonds. The molecule has 0 heterocycles. The third kappa shape index (κ3) is 177. The van der Waals surface area contributed by atoms with Gasteiger partial charge in [-0.15, -0.1) is 0 Å². The Kier molecular flexibility index (Phi) is 627. The first-order valence-electron chi connectivity index (χ1n) is 1.21. The zero-order valence-corrected chi connectivity index (χ0v) is 10.6. The van der Waals surface area contributed by atoms with Gasteiger partial charge in [-0.25, -0.2) is 0 Å². The summed E-state index contributed by atoms with van der Waals surface area (Å²) in [6.45, 7) is 5.50. The molecule has 0 spiro atoms. The van der Waals surface area contributed by atoms with Crippen LogP contribution in [0.15, 0.2) is 0 Å². The minimum absolute atomic E-state index is 0. The van der Waals surface area contributed by atoms with Crippen LogP contribution in [-0.2, 0) is 39.6 Å². The fraction of sp³-hybridized carbons (Fsp3) is 0.333. The van der Waals surface area contributed by atoms with Crippen molar-refractivity contribution in [3.05, 3.63) is 29.2 Å². The van der Waals surface area contributed by atoms with E-state index in [2.05, 4.69) is 6.92 Å². The molecule has 0 atom stereocenters. The second-order valence-corrected chi connectivity index (χ2v) is 0.500. The normalized spacial score (nSPS) is 2.25. The maximum atomic E-state index is 3.49. The van der Waals surface area contributed by atoms with E-state index in [4.69, 9.17) is 0 Å². The summed E-state index contributed by atoms with van der Waals surface area (Å²) >= 11 is 0. The van der Waals surface area contributed by atoms with Crippen LogP contribution in [0.1, 0.15) is 13.3 Å². The smallest absolute Gasteiger partial charge is 0 e. The van der Waals surface area contributed by atoms with Gasteiger partial charge in [-0.1, -0.05) is 6.92 Å². The van der Waals surface area contributed by atoms with E-state index in [1.54, 1.807) is 0 Å². The van der Waals surface area contributed by atoms with Crippen LogP contribution >= 0.6 is 0 Å². The Morgan fingerprint density at radius 3 is 1.12 bits per heavy atom. The van der Waals surface area contributed by atoms with Crippen LogP contribution in [0.25, 0.3) is 0 Å². The molecular formula is C6H16VW-4. The van der Waals surface area contributed by atoms with Crippen molar-refractivity contribution in [1.82, 2.24) is 0 Å². The quantitative estimate of drug-likeness (QED) is 0.601. The summed E-state index contributed by atoms with van der Waals surface area (Å²) in [4.78, 5) is 0. The molecule has 0 aromatic heterocycles. The molecule has 0 aromatic rings. The summed E-state index contributed by atoms with van der Waals surface area (Å²) in [5.74, 6) is 0. The van der Waals surface area contributed by atoms with Crippen molar-refractivity contribution >= 4 is 0 Å². The van der Waals surface area contributed by atoms with Crippen molar-refractivity contribution in [2.24, 2.45) is 0 Å². The molecule has 55 valence electrons. The van der Waals surface area contributed by atoms with E-state index in [1.807, 2.05) is 6.92 Å². The number of hydrogen-bond acceptors (Lipinski definition) is 0. The van der Waals surface area contributed by atoms with Crippen molar-refractivity contribution in [3.63, 3.8) is 0 Å². The Morgan fingerprint density at radius 2 is 1.12 bits per heavy atom. The molecule has 0 aromatic carbocycles. The molecule has 0 aliphatic heterocycles. The summed E-state index contributed by atoms with van der Waals surface area (Å²) in [5.41, 5.74) is 0. The summed E-state index contributed by atoms with van der Waals surface area (Å²) < 4.78 is 0. The van der Waals surface area contributed by atoms with E-state index in [0.29, 0.717) is 0 Å². The van der Waals surface area contributed by atoms with Crippen LogP contribution in [0.5, 0.6) is 0 Å². The molecule has 8 heavy (non-hydrogen) atoms. The Hall–Kier alpha value is 1.27. The molecular weight excluding hydrogens is 307 g/mol. The van der Waals surface area contributed by atoms with Crippen LogP contribution in [0, 0.1) is 29.2 Å². The van der Waals surface area contributed by atoms with Gasteiger partial charge in [-0.05, 0) is 0 Å². The van der Waals surface area contributed by atoms with Gasteiger partial charge in [0.15, 0.2) is 0 Å². The van der Waals surface area contributed by atoms with Crippen LogP contribution in [0.4, 0.5) is 0 Å². The zero-order chi connectivity index (χ0) is 2.71. The molecule has 0 N–H and O–H groups in total. The minimum atomic E-state index is 0. The molecule has 0 nitrogen and oxygen atoms in total. The van der Waals surface area contributed by atoms with Gasteiger partial charge in [0.05, 0.1) is 0 Å². The van der Waals surface area contributed by atoms with E-state index in [-0.39, 0.29) is 61.9 Å². The molecule has 2 heteroatoms. The molecule has 0 rings (SSSR count). The number of rotatable bonds is 0. The predicted molar refractivity (Wildman–Crippen MR) is 34.9 cm³/mol. The van der Waals surface area contributed by atoms with E-state index in [0.717, 1.165) is 6.42 Å². The Balaban J connectivity index is -0.00000000200. The topological polar surface area (TPSA) is 0 Å². The van der Waals surface area contributed by atoms with Gasteiger partial charge in [0, 0.05) is 39.6 Å². The second-order valence-electron chi connectivity index (χ2n) is 0.500. The van der Waals surface area contributed by atoms with Crippen molar-refractivity contribution in [1.29, 1.82) is 0 Å². The summed E-state index contributed by atoms with van der Waals surface area (Å²) in [6.07, 6.45) is 1.00. The molecule has 0 unspecified atom stereocenters. The fourth-order valence-electron chi connectivity index (χ4n) is 0. The third-order valence-corrected chi connectivity index (χ3v) is 0. The van der Waals surface area contributed by atoms with Crippen molar-refractivity contribution in [2.75, 3.05) is 0 Å². The zero-order valence-electron chi connectivity index (χ0n) is 6.27. The summed E-state index contributed by atoms with van der Waals surface area (Å²) in [6, 6.07) is 0. The van der Waals surface area contributed by atoms with Gasteiger partial charge >= 0.3 is 0 Å². The second kappa shape index (κ2) is 84.7. The first-order valence-corrected chi connectivity index (χ1v) is 1.21. The summed E-state index contributed by atoms with van der Waals surface area (Å²) in [5, 5.41) is 0. The SMILES string of the molecule is [CH2-]CC.[CH3-].[CH3-].[CH3-].[V].[W]. The van der Waals surface area contributed by atoms with Crippen LogP contribution in [-0.4, -0.2) is 0 Å². The minimum Gasteiger partial charge on any atom is -0.358 e. The van der Waals surface area contributed by atoms with Gasteiger partial charge in [0.2, 0.25) is 0 Å². The van der Waals surface area contributed by atoms with Crippen LogP contribution in [0.3, 0.4) is 0 Å². The molecule has 0 aliphatic rings. The fourth-order valence-corrected chi connectivity index (χ4v) is 0. The van der Waals surface area contributed by atoms with Gasteiger partial charge in [-0.3, -0.25) is 0 Å². The number of hydrogen-bond donors (Lipinski definition) is 0. The van der Waals surface area contributed by atoms with E-state index < -0.39 is 0 Å². The molecule has 1 radical (unpaired) electrons. The average Bonchev–Trinajstić information content (AvgIpc) is 0.918. The monoisotopic (exact) mass is 323 g/mol. The van der Waals surface area contributed by atoms with Gasteiger partial charge in [-0.2, -0.15) is 6.42 Å². The molecule has 0 saturated carbocycles. The van der Waals surface area contributed by atoms with Crippen molar-refractivity contribution in [3.8, 4) is 0 Å². The predicted octanol–water partition coefficient (Wildman–Crippen LogP) is 2.58. The van der Waals surface area contributed by atoms with Crippen molar-refractivity contribution < 1.29 is 39.6 Å². The Morgan fingerprint density at radius 1 is 1.12 bits per heavy atom. The van der Waals surface area contributed by atoms with E-state index in [1.165, 1.54) is 0 Å². The third-order valence-electron chi connectivity index (χ3n) is 0. The first kappa shape index (κ1) is 59.2. The molecule has 0 saturated heterocycles. The Bertz CT molecular complexity index is 8.49. The van der Waals surface area contributed by atoms with E-state index in [9.17, 15) is 0 Å². The maximum Gasteiger partial charge on any atom is 0 e. The van der Waals surface area contributed by atoms with E-state index >= 15 is 0 Å². The average molecular weight is 323 g/mol. The van der Waals surface area contributed by atoms with Crippen LogP contribution < -0.4 is 0 Å². The molecule has 0 fully saturated rings. The van der Waals surface area contributed by atoms with Crippen LogP contribution in [0.2, 0.25) is 0 Å². The maximum absolute atomic E-state index is 3.49.